The predicted octanol–water partition coefficient (Wildman–Crippen LogP) is 3.03. The third-order valence-corrected chi connectivity index (χ3v) is 3.30. The van der Waals surface area contributed by atoms with Crippen LogP contribution in [0.15, 0.2) is 30.6 Å². The molecule has 0 aliphatic carbocycles. The molecule has 0 atom stereocenters. The summed E-state index contributed by atoms with van der Waals surface area (Å²) < 4.78 is 0.999. The van der Waals surface area contributed by atoms with Gasteiger partial charge in [0.05, 0.1) is 23.1 Å². The molecule has 98 valence electrons. The van der Waals surface area contributed by atoms with Crippen molar-refractivity contribution in [3.05, 3.63) is 44.9 Å². The van der Waals surface area contributed by atoms with Gasteiger partial charge in [-0.05, 0) is 40.8 Å². The molecular weight excluding hydrogens is 379 g/mol. The highest BCUT2D eigenvalue weighted by molar-refractivity contribution is 14.1. The first kappa shape index (κ1) is 14.0. The van der Waals surface area contributed by atoms with Gasteiger partial charge in [-0.15, -0.1) is 0 Å². The molecule has 0 aliphatic rings. The van der Waals surface area contributed by atoms with Crippen molar-refractivity contribution in [2.75, 3.05) is 17.7 Å². The topological polar surface area (TPSA) is 66.9 Å². The summed E-state index contributed by atoms with van der Waals surface area (Å²) in [5.74, 6) is 0.252. The third-order valence-electron chi connectivity index (χ3n) is 2.32. The number of nitrogens with one attached hydrogen (secondary N) is 2. The lowest BCUT2D eigenvalue weighted by Crippen LogP contribution is -2.14. The van der Waals surface area contributed by atoms with E-state index in [9.17, 15) is 4.79 Å². The van der Waals surface area contributed by atoms with E-state index in [-0.39, 0.29) is 11.6 Å². The lowest BCUT2D eigenvalue weighted by molar-refractivity contribution is 0.102. The van der Waals surface area contributed by atoms with Crippen molar-refractivity contribution < 1.29 is 4.79 Å². The number of nitrogens with zero attached hydrogens (tertiary/aromatic N) is 2. The lowest BCUT2D eigenvalue weighted by Gasteiger charge is -2.07. The summed E-state index contributed by atoms with van der Waals surface area (Å²) in [7, 11) is 1.73. The molecule has 0 saturated heterocycles. The zero-order valence-corrected chi connectivity index (χ0v) is 12.9. The molecule has 0 aliphatic heterocycles. The van der Waals surface area contributed by atoms with Crippen LogP contribution < -0.4 is 10.6 Å². The fourth-order valence-corrected chi connectivity index (χ4v) is 2.25. The normalized spacial score (nSPS) is 10.1. The Kier molecular flexibility index (Phi) is 4.54. The number of aromatic nitrogens is 2. The van der Waals surface area contributed by atoms with E-state index in [2.05, 4.69) is 43.2 Å². The SMILES string of the molecule is CNc1cnc(C(=O)Nc2ccc(I)cc2Cl)cn1. The van der Waals surface area contributed by atoms with E-state index in [4.69, 9.17) is 11.6 Å². The van der Waals surface area contributed by atoms with E-state index >= 15 is 0 Å². The molecule has 0 spiro atoms. The first-order valence-corrected chi connectivity index (χ1v) is 6.82. The minimum Gasteiger partial charge on any atom is -0.372 e. The van der Waals surface area contributed by atoms with E-state index in [1.807, 2.05) is 6.07 Å². The van der Waals surface area contributed by atoms with E-state index < -0.39 is 0 Å². The van der Waals surface area contributed by atoms with E-state index in [1.54, 1.807) is 19.2 Å². The number of hydrogen-bond donors (Lipinski definition) is 2. The molecule has 1 aromatic carbocycles. The Morgan fingerprint density at radius 2 is 2.11 bits per heavy atom. The molecule has 0 unspecified atom stereocenters. The molecule has 5 nitrogen and oxygen atoms in total. The molecule has 0 fully saturated rings. The van der Waals surface area contributed by atoms with Crippen LogP contribution in [0.5, 0.6) is 0 Å². The van der Waals surface area contributed by atoms with E-state index in [1.165, 1.54) is 12.4 Å². The van der Waals surface area contributed by atoms with E-state index in [0.29, 0.717) is 16.5 Å². The smallest absolute Gasteiger partial charge is 0.275 e. The maximum Gasteiger partial charge on any atom is 0.275 e. The molecular formula is C12H10ClIN4O. The zero-order valence-electron chi connectivity index (χ0n) is 9.95. The van der Waals surface area contributed by atoms with Gasteiger partial charge in [-0.2, -0.15) is 0 Å². The summed E-state index contributed by atoms with van der Waals surface area (Å²) >= 11 is 8.19. The van der Waals surface area contributed by atoms with Crippen LogP contribution in [0.25, 0.3) is 0 Å². The highest BCUT2D eigenvalue weighted by Crippen LogP contribution is 2.24. The Labute approximate surface area is 128 Å². The molecule has 0 bridgehead atoms. The van der Waals surface area contributed by atoms with Gasteiger partial charge in [0.25, 0.3) is 5.91 Å². The van der Waals surface area contributed by atoms with Crippen LogP contribution in [0.1, 0.15) is 10.5 Å². The van der Waals surface area contributed by atoms with Crippen LogP contribution in [0.4, 0.5) is 11.5 Å². The highest BCUT2D eigenvalue weighted by atomic mass is 127. The maximum absolute atomic E-state index is 12.0. The number of halogens is 2. The second kappa shape index (κ2) is 6.16. The van der Waals surface area contributed by atoms with Crippen molar-refractivity contribution in [3.63, 3.8) is 0 Å². The Hall–Kier alpha value is -1.41. The van der Waals surface area contributed by atoms with Crippen LogP contribution in [0.3, 0.4) is 0 Å². The summed E-state index contributed by atoms with van der Waals surface area (Å²) in [5, 5.41) is 6.01. The molecule has 7 heteroatoms. The van der Waals surface area contributed by atoms with Gasteiger partial charge < -0.3 is 10.6 Å². The van der Waals surface area contributed by atoms with Gasteiger partial charge >= 0.3 is 0 Å². The number of hydrogen-bond acceptors (Lipinski definition) is 4. The molecule has 1 heterocycles. The van der Waals surface area contributed by atoms with Crippen LogP contribution >= 0.6 is 34.2 Å². The quantitative estimate of drug-likeness (QED) is 0.793. The van der Waals surface area contributed by atoms with Crippen molar-refractivity contribution in [1.82, 2.24) is 9.97 Å². The molecule has 2 N–H and O–H groups in total. The van der Waals surface area contributed by atoms with Crippen molar-refractivity contribution in [1.29, 1.82) is 0 Å². The summed E-state index contributed by atoms with van der Waals surface area (Å²) in [5.41, 5.74) is 0.778. The van der Waals surface area contributed by atoms with Crippen molar-refractivity contribution in [2.24, 2.45) is 0 Å². The zero-order chi connectivity index (χ0) is 13.8. The second-order valence-corrected chi connectivity index (χ2v) is 5.27. The molecule has 0 saturated carbocycles. The molecule has 0 radical (unpaired) electrons. The van der Waals surface area contributed by atoms with Crippen LogP contribution in [-0.2, 0) is 0 Å². The lowest BCUT2D eigenvalue weighted by atomic mass is 10.3. The highest BCUT2D eigenvalue weighted by Gasteiger charge is 2.10. The standard InChI is InChI=1S/C12H10ClIN4O/c1-15-11-6-16-10(5-17-11)12(19)18-9-3-2-7(14)4-8(9)13/h2-6H,1H3,(H,15,17)(H,18,19). The van der Waals surface area contributed by atoms with Crippen LogP contribution in [0.2, 0.25) is 5.02 Å². The van der Waals surface area contributed by atoms with Gasteiger partial charge in [0.15, 0.2) is 0 Å². The van der Waals surface area contributed by atoms with E-state index in [0.717, 1.165) is 3.57 Å². The predicted molar refractivity (Wildman–Crippen MR) is 83.7 cm³/mol. The van der Waals surface area contributed by atoms with Crippen LogP contribution in [0, 0.1) is 3.57 Å². The number of carbonyl (C=O) groups is 1. The fourth-order valence-electron chi connectivity index (χ4n) is 1.35. The van der Waals surface area contributed by atoms with Crippen molar-refractivity contribution in [3.8, 4) is 0 Å². The molecule has 1 amide bonds. The van der Waals surface area contributed by atoms with Crippen LogP contribution in [-0.4, -0.2) is 22.9 Å². The monoisotopic (exact) mass is 388 g/mol. The first-order chi connectivity index (χ1) is 9.10. The van der Waals surface area contributed by atoms with Gasteiger partial charge in [-0.1, -0.05) is 11.6 Å². The Balaban J connectivity index is 2.15. The molecule has 2 rings (SSSR count). The summed E-state index contributed by atoms with van der Waals surface area (Å²) in [6.07, 6.45) is 2.90. The van der Waals surface area contributed by atoms with Gasteiger partial charge in [0.1, 0.15) is 11.5 Å². The number of carbonyl (C=O) groups excluding carboxylic acids is 1. The minimum absolute atomic E-state index is 0.230. The summed E-state index contributed by atoms with van der Waals surface area (Å²) in [6.45, 7) is 0. The largest absolute Gasteiger partial charge is 0.372 e. The fraction of sp³-hybridized carbons (Fsp3) is 0.0833. The van der Waals surface area contributed by atoms with Gasteiger partial charge in [0.2, 0.25) is 0 Å². The third kappa shape index (κ3) is 3.54. The summed E-state index contributed by atoms with van der Waals surface area (Å²) in [4.78, 5) is 20.0. The Morgan fingerprint density at radius 1 is 1.32 bits per heavy atom. The number of anilines is 2. The van der Waals surface area contributed by atoms with Crippen molar-refractivity contribution in [2.45, 2.75) is 0 Å². The second-order valence-electron chi connectivity index (χ2n) is 3.62. The molecule has 2 aromatic rings. The Morgan fingerprint density at radius 3 is 2.68 bits per heavy atom. The average molecular weight is 389 g/mol. The minimum atomic E-state index is -0.349. The first-order valence-electron chi connectivity index (χ1n) is 5.36. The van der Waals surface area contributed by atoms with Crippen molar-refractivity contribution >= 4 is 51.6 Å². The molecule has 1 aromatic heterocycles. The average Bonchev–Trinajstić information content (AvgIpc) is 2.42. The maximum atomic E-state index is 12.0. The van der Waals surface area contributed by atoms with Gasteiger partial charge in [-0.25, -0.2) is 9.97 Å². The summed E-state index contributed by atoms with van der Waals surface area (Å²) in [6, 6.07) is 5.38. The number of benzene rings is 1. The number of amides is 1. The number of rotatable bonds is 3. The van der Waals surface area contributed by atoms with Gasteiger partial charge in [0, 0.05) is 10.6 Å². The van der Waals surface area contributed by atoms with Gasteiger partial charge in [-0.3, -0.25) is 4.79 Å². The molecule has 19 heavy (non-hydrogen) atoms. The Bertz CT molecular complexity index is 603.